The minimum atomic E-state index is -0.195. The lowest BCUT2D eigenvalue weighted by Crippen LogP contribution is -2.26. The summed E-state index contributed by atoms with van der Waals surface area (Å²) in [6.07, 6.45) is 5.27. The number of terminal acetylenes is 1. The Morgan fingerprint density at radius 1 is 1.58 bits per heavy atom. The van der Waals surface area contributed by atoms with Gasteiger partial charge in [-0.3, -0.25) is 5.84 Å². The average Bonchev–Trinajstić information content (AvgIpc) is 2.07. The fourth-order valence-electron chi connectivity index (χ4n) is 0.927. The van der Waals surface area contributed by atoms with Crippen LogP contribution in [0.4, 0.5) is 0 Å². The van der Waals surface area contributed by atoms with Gasteiger partial charge in [0.25, 0.3) is 0 Å². The van der Waals surface area contributed by atoms with Gasteiger partial charge in [0.2, 0.25) is 0 Å². The summed E-state index contributed by atoms with van der Waals surface area (Å²) < 4.78 is 1.15. The highest BCUT2D eigenvalue weighted by molar-refractivity contribution is 14.1. The van der Waals surface area contributed by atoms with Crippen LogP contribution in [0.25, 0.3) is 0 Å². The second-order valence-corrected chi connectivity index (χ2v) is 3.57. The van der Waals surface area contributed by atoms with Crippen LogP contribution < -0.4 is 11.3 Å². The minimum Gasteiger partial charge on any atom is -0.270 e. The van der Waals surface area contributed by atoms with E-state index >= 15 is 0 Å². The van der Waals surface area contributed by atoms with E-state index in [0.717, 1.165) is 9.13 Å². The van der Waals surface area contributed by atoms with E-state index in [1.54, 1.807) is 0 Å². The van der Waals surface area contributed by atoms with Gasteiger partial charge in [-0.1, -0.05) is 18.1 Å². The van der Waals surface area contributed by atoms with E-state index in [9.17, 15) is 0 Å². The van der Waals surface area contributed by atoms with Gasteiger partial charge in [0.15, 0.2) is 0 Å². The lowest BCUT2D eigenvalue weighted by molar-refractivity contribution is 0.673. The first-order valence-electron chi connectivity index (χ1n) is 3.45. The van der Waals surface area contributed by atoms with Crippen LogP contribution in [-0.2, 0) is 0 Å². The fraction of sp³-hybridized carbons (Fsp3) is 0.111. The maximum absolute atomic E-state index is 5.27. The first kappa shape index (κ1) is 9.52. The van der Waals surface area contributed by atoms with Crippen molar-refractivity contribution in [3.63, 3.8) is 0 Å². The van der Waals surface area contributed by atoms with Crippen LogP contribution in [0.15, 0.2) is 24.3 Å². The number of halogens is 1. The number of benzene rings is 1. The van der Waals surface area contributed by atoms with Crippen LogP contribution >= 0.6 is 22.6 Å². The lowest BCUT2D eigenvalue weighted by atomic mass is 10.1. The molecule has 1 aromatic rings. The normalized spacial score (nSPS) is 12.1. The summed E-state index contributed by atoms with van der Waals surface area (Å²) in [5.41, 5.74) is 3.58. The van der Waals surface area contributed by atoms with E-state index in [2.05, 4.69) is 33.9 Å². The van der Waals surface area contributed by atoms with Crippen LogP contribution in [0.1, 0.15) is 11.6 Å². The molecular weight excluding hydrogens is 263 g/mol. The largest absolute Gasteiger partial charge is 0.270 e. The van der Waals surface area contributed by atoms with Crippen LogP contribution in [-0.4, -0.2) is 0 Å². The summed E-state index contributed by atoms with van der Waals surface area (Å²) in [5, 5.41) is 0. The molecule has 0 fully saturated rings. The number of hydrogen-bond donors (Lipinski definition) is 2. The highest BCUT2D eigenvalue weighted by atomic mass is 127. The molecule has 0 aliphatic heterocycles. The predicted octanol–water partition coefficient (Wildman–Crippen LogP) is 1.43. The highest BCUT2D eigenvalue weighted by Gasteiger charge is 2.04. The van der Waals surface area contributed by atoms with Crippen molar-refractivity contribution in [3.05, 3.63) is 33.4 Å². The predicted molar refractivity (Wildman–Crippen MR) is 58.1 cm³/mol. The van der Waals surface area contributed by atoms with Gasteiger partial charge in [0.05, 0.1) is 0 Å². The molecule has 1 atom stereocenters. The molecule has 2 nitrogen and oxygen atoms in total. The second-order valence-electron chi connectivity index (χ2n) is 2.32. The Hall–Kier alpha value is -0.570. The maximum atomic E-state index is 5.27. The summed E-state index contributed by atoms with van der Waals surface area (Å²) in [6, 6.07) is 7.73. The first-order valence-corrected chi connectivity index (χ1v) is 4.53. The van der Waals surface area contributed by atoms with E-state index in [4.69, 9.17) is 12.3 Å². The Bertz CT molecular complexity index is 304. The standard InChI is InChI=1S/C9H9IN2/c1-2-9(12-11)7-4-3-5-8(10)6-7/h1,3-6,9,12H,11H2. The van der Waals surface area contributed by atoms with Crippen molar-refractivity contribution in [3.8, 4) is 12.3 Å². The zero-order valence-electron chi connectivity index (χ0n) is 6.42. The Morgan fingerprint density at radius 2 is 2.33 bits per heavy atom. The molecule has 0 saturated heterocycles. The van der Waals surface area contributed by atoms with Gasteiger partial charge < -0.3 is 0 Å². The van der Waals surface area contributed by atoms with Gasteiger partial charge in [0, 0.05) is 3.57 Å². The fourth-order valence-corrected chi connectivity index (χ4v) is 1.49. The molecule has 0 saturated carbocycles. The average molecular weight is 272 g/mol. The molecule has 3 heteroatoms. The summed E-state index contributed by atoms with van der Waals surface area (Å²) in [7, 11) is 0. The molecular formula is C9H9IN2. The topological polar surface area (TPSA) is 38.0 Å². The smallest absolute Gasteiger partial charge is 0.106 e. The Morgan fingerprint density at radius 3 is 2.83 bits per heavy atom. The molecule has 1 unspecified atom stereocenters. The Labute approximate surface area is 85.6 Å². The summed E-state index contributed by atoms with van der Waals surface area (Å²) in [4.78, 5) is 0. The summed E-state index contributed by atoms with van der Waals surface area (Å²) in [5.74, 6) is 7.83. The minimum absolute atomic E-state index is 0.195. The number of nitrogens with two attached hydrogens (primary N) is 1. The zero-order valence-corrected chi connectivity index (χ0v) is 8.58. The maximum Gasteiger partial charge on any atom is 0.106 e. The van der Waals surface area contributed by atoms with Crippen LogP contribution in [0.2, 0.25) is 0 Å². The molecule has 0 aliphatic rings. The van der Waals surface area contributed by atoms with Crippen molar-refractivity contribution in [2.75, 3.05) is 0 Å². The summed E-state index contributed by atoms with van der Waals surface area (Å²) in [6.45, 7) is 0. The number of hydrazine groups is 1. The number of nitrogens with one attached hydrogen (secondary N) is 1. The van der Waals surface area contributed by atoms with Crippen molar-refractivity contribution in [1.82, 2.24) is 5.43 Å². The molecule has 0 aromatic heterocycles. The van der Waals surface area contributed by atoms with Crippen LogP contribution in [0, 0.1) is 15.9 Å². The monoisotopic (exact) mass is 272 g/mol. The molecule has 12 heavy (non-hydrogen) atoms. The van der Waals surface area contributed by atoms with Gasteiger partial charge >= 0.3 is 0 Å². The molecule has 0 heterocycles. The molecule has 0 bridgehead atoms. The molecule has 3 N–H and O–H groups in total. The molecule has 62 valence electrons. The Kier molecular flexibility index (Phi) is 3.53. The molecule has 0 aliphatic carbocycles. The lowest BCUT2D eigenvalue weighted by Gasteiger charge is -2.08. The quantitative estimate of drug-likeness (QED) is 0.370. The third-order valence-electron chi connectivity index (χ3n) is 1.52. The van der Waals surface area contributed by atoms with Crippen LogP contribution in [0.5, 0.6) is 0 Å². The van der Waals surface area contributed by atoms with Gasteiger partial charge in [-0.05, 0) is 40.3 Å². The molecule has 1 rings (SSSR count). The zero-order chi connectivity index (χ0) is 8.97. The summed E-state index contributed by atoms with van der Waals surface area (Å²) >= 11 is 2.23. The van der Waals surface area contributed by atoms with E-state index < -0.39 is 0 Å². The van der Waals surface area contributed by atoms with Gasteiger partial charge in [-0.2, -0.15) is 0 Å². The number of rotatable bonds is 2. The molecule has 1 aromatic carbocycles. The van der Waals surface area contributed by atoms with E-state index in [-0.39, 0.29) is 6.04 Å². The third-order valence-corrected chi connectivity index (χ3v) is 2.19. The second kappa shape index (κ2) is 4.45. The van der Waals surface area contributed by atoms with Crippen molar-refractivity contribution < 1.29 is 0 Å². The van der Waals surface area contributed by atoms with Crippen molar-refractivity contribution >= 4 is 22.6 Å². The van der Waals surface area contributed by atoms with E-state index in [1.165, 1.54) is 0 Å². The third kappa shape index (κ3) is 2.21. The molecule has 0 spiro atoms. The van der Waals surface area contributed by atoms with E-state index in [0.29, 0.717) is 0 Å². The SMILES string of the molecule is C#CC(NN)c1cccc(I)c1. The van der Waals surface area contributed by atoms with Crippen molar-refractivity contribution in [2.45, 2.75) is 6.04 Å². The first-order chi connectivity index (χ1) is 5.77. The molecule has 0 amide bonds. The Balaban J connectivity index is 2.95. The van der Waals surface area contributed by atoms with Crippen LogP contribution in [0.3, 0.4) is 0 Å². The molecule has 0 radical (unpaired) electrons. The number of hydrogen-bond acceptors (Lipinski definition) is 2. The van der Waals surface area contributed by atoms with Crippen molar-refractivity contribution in [2.24, 2.45) is 5.84 Å². The van der Waals surface area contributed by atoms with Gasteiger partial charge in [0.1, 0.15) is 6.04 Å². The highest BCUT2D eigenvalue weighted by Crippen LogP contribution is 2.14. The van der Waals surface area contributed by atoms with Crippen molar-refractivity contribution in [1.29, 1.82) is 0 Å². The van der Waals surface area contributed by atoms with Gasteiger partial charge in [-0.15, -0.1) is 6.42 Å². The van der Waals surface area contributed by atoms with E-state index in [1.807, 2.05) is 24.3 Å². The van der Waals surface area contributed by atoms with Gasteiger partial charge in [-0.25, -0.2) is 5.43 Å².